The SMILES string of the molecule is O=Cc1cccc(C=Cc2ccc3ccccc3n2)c1. The molecule has 0 spiro atoms. The molecule has 2 nitrogen and oxygen atoms in total. The van der Waals surface area contributed by atoms with Gasteiger partial charge in [0, 0.05) is 10.9 Å². The fourth-order valence-corrected chi connectivity index (χ4v) is 2.09. The Morgan fingerprint density at radius 2 is 1.65 bits per heavy atom. The van der Waals surface area contributed by atoms with Gasteiger partial charge in [-0.1, -0.05) is 48.5 Å². The number of rotatable bonds is 3. The average Bonchev–Trinajstić information content (AvgIpc) is 2.53. The Morgan fingerprint density at radius 1 is 0.800 bits per heavy atom. The van der Waals surface area contributed by atoms with Gasteiger partial charge in [0.05, 0.1) is 11.2 Å². The highest BCUT2D eigenvalue weighted by Gasteiger charge is 1.95. The van der Waals surface area contributed by atoms with Crippen LogP contribution in [0.1, 0.15) is 21.6 Å². The number of fused-ring (bicyclic) bond motifs is 1. The second kappa shape index (κ2) is 5.49. The lowest BCUT2D eigenvalue weighted by atomic mass is 10.1. The summed E-state index contributed by atoms with van der Waals surface area (Å²) in [7, 11) is 0. The van der Waals surface area contributed by atoms with Gasteiger partial charge in [-0.2, -0.15) is 0 Å². The van der Waals surface area contributed by atoms with Crippen molar-refractivity contribution < 1.29 is 4.79 Å². The molecule has 0 amide bonds. The Morgan fingerprint density at radius 3 is 2.55 bits per heavy atom. The van der Waals surface area contributed by atoms with Gasteiger partial charge in [0.15, 0.2) is 0 Å². The summed E-state index contributed by atoms with van der Waals surface area (Å²) in [6.07, 6.45) is 4.77. The Balaban J connectivity index is 1.91. The van der Waals surface area contributed by atoms with Crippen LogP contribution in [-0.4, -0.2) is 11.3 Å². The summed E-state index contributed by atoms with van der Waals surface area (Å²) in [6, 6.07) is 19.6. The number of carbonyl (C=O) groups excluding carboxylic acids is 1. The van der Waals surface area contributed by atoms with Crippen LogP contribution in [0, 0.1) is 0 Å². The average molecular weight is 259 g/mol. The van der Waals surface area contributed by atoms with Crippen LogP contribution in [0.3, 0.4) is 0 Å². The lowest BCUT2D eigenvalue weighted by molar-refractivity contribution is 0.112. The molecule has 0 saturated carbocycles. The Kier molecular flexibility index (Phi) is 3.38. The Labute approximate surface area is 117 Å². The molecule has 0 bridgehead atoms. The van der Waals surface area contributed by atoms with Crippen LogP contribution in [0.5, 0.6) is 0 Å². The molecule has 0 aliphatic heterocycles. The number of nitrogens with zero attached hydrogens (tertiary/aromatic N) is 1. The van der Waals surface area contributed by atoms with Gasteiger partial charge in [-0.25, -0.2) is 4.98 Å². The van der Waals surface area contributed by atoms with E-state index in [2.05, 4.69) is 11.1 Å². The van der Waals surface area contributed by atoms with E-state index in [-0.39, 0.29) is 0 Å². The van der Waals surface area contributed by atoms with E-state index in [0.29, 0.717) is 5.56 Å². The molecular weight excluding hydrogens is 246 g/mol. The van der Waals surface area contributed by atoms with Gasteiger partial charge in [0.25, 0.3) is 0 Å². The van der Waals surface area contributed by atoms with E-state index in [9.17, 15) is 4.79 Å². The number of carbonyl (C=O) groups is 1. The molecule has 0 fully saturated rings. The van der Waals surface area contributed by atoms with Crippen molar-refractivity contribution in [2.24, 2.45) is 0 Å². The standard InChI is InChI=1S/C18H13NO/c20-13-15-5-3-4-14(12-15)8-10-17-11-9-16-6-1-2-7-18(16)19-17/h1-13H. The third-order valence-corrected chi connectivity index (χ3v) is 3.11. The fourth-order valence-electron chi connectivity index (χ4n) is 2.09. The first-order valence-electron chi connectivity index (χ1n) is 6.44. The smallest absolute Gasteiger partial charge is 0.150 e. The van der Waals surface area contributed by atoms with Crippen LogP contribution in [0.2, 0.25) is 0 Å². The predicted octanol–water partition coefficient (Wildman–Crippen LogP) is 4.22. The number of pyridine rings is 1. The molecule has 3 rings (SSSR count). The number of hydrogen-bond acceptors (Lipinski definition) is 2. The minimum Gasteiger partial charge on any atom is -0.298 e. The van der Waals surface area contributed by atoms with Gasteiger partial charge < -0.3 is 0 Å². The molecule has 1 aromatic heterocycles. The highest BCUT2D eigenvalue weighted by atomic mass is 16.1. The van der Waals surface area contributed by atoms with Gasteiger partial charge in [-0.05, 0) is 29.8 Å². The third kappa shape index (κ3) is 2.64. The van der Waals surface area contributed by atoms with Gasteiger partial charge in [-0.15, -0.1) is 0 Å². The largest absolute Gasteiger partial charge is 0.298 e. The highest BCUT2D eigenvalue weighted by molar-refractivity contribution is 5.81. The molecular formula is C18H13NO. The van der Waals surface area contributed by atoms with Crippen LogP contribution in [0.25, 0.3) is 23.1 Å². The molecule has 3 aromatic rings. The van der Waals surface area contributed by atoms with Crippen LogP contribution in [0.4, 0.5) is 0 Å². The quantitative estimate of drug-likeness (QED) is 0.659. The zero-order valence-electron chi connectivity index (χ0n) is 10.9. The monoisotopic (exact) mass is 259 g/mol. The fraction of sp³-hybridized carbons (Fsp3) is 0. The van der Waals surface area contributed by atoms with Gasteiger partial charge in [0.1, 0.15) is 6.29 Å². The Bertz CT molecular complexity index is 790. The van der Waals surface area contributed by atoms with Crippen LogP contribution in [-0.2, 0) is 0 Å². The van der Waals surface area contributed by atoms with Crippen molar-refractivity contribution in [1.82, 2.24) is 4.98 Å². The molecule has 0 aliphatic carbocycles. The number of para-hydroxylation sites is 1. The zero-order valence-corrected chi connectivity index (χ0v) is 10.9. The van der Waals surface area contributed by atoms with E-state index >= 15 is 0 Å². The van der Waals surface area contributed by atoms with Crippen molar-refractivity contribution in [2.75, 3.05) is 0 Å². The minimum atomic E-state index is 0.679. The van der Waals surface area contributed by atoms with Crippen LogP contribution >= 0.6 is 0 Å². The number of benzene rings is 2. The van der Waals surface area contributed by atoms with Gasteiger partial charge in [0.2, 0.25) is 0 Å². The summed E-state index contributed by atoms with van der Waals surface area (Å²) in [5, 5.41) is 1.13. The molecule has 0 unspecified atom stereocenters. The molecule has 0 aliphatic rings. The number of aldehydes is 1. The van der Waals surface area contributed by atoms with Crippen molar-refractivity contribution in [1.29, 1.82) is 0 Å². The van der Waals surface area contributed by atoms with E-state index < -0.39 is 0 Å². The molecule has 2 aromatic carbocycles. The van der Waals surface area contributed by atoms with Crippen LogP contribution < -0.4 is 0 Å². The normalized spacial score (nSPS) is 11.0. The molecule has 0 N–H and O–H groups in total. The molecule has 0 saturated heterocycles. The summed E-state index contributed by atoms with van der Waals surface area (Å²) >= 11 is 0. The van der Waals surface area contributed by atoms with Crippen molar-refractivity contribution in [3.63, 3.8) is 0 Å². The molecule has 0 atom stereocenters. The van der Waals surface area contributed by atoms with Crippen molar-refractivity contribution in [3.8, 4) is 0 Å². The first kappa shape index (κ1) is 12.3. The van der Waals surface area contributed by atoms with E-state index in [4.69, 9.17) is 0 Å². The molecule has 2 heteroatoms. The zero-order chi connectivity index (χ0) is 13.8. The molecule has 20 heavy (non-hydrogen) atoms. The number of hydrogen-bond donors (Lipinski definition) is 0. The second-order valence-electron chi connectivity index (χ2n) is 4.55. The summed E-state index contributed by atoms with van der Waals surface area (Å²) in [4.78, 5) is 15.3. The van der Waals surface area contributed by atoms with Crippen molar-refractivity contribution >= 4 is 29.3 Å². The van der Waals surface area contributed by atoms with E-state index in [1.54, 1.807) is 6.07 Å². The topological polar surface area (TPSA) is 30.0 Å². The second-order valence-corrected chi connectivity index (χ2v) is 4.55. The summed E-state index contributed by atoms with van der Waals surface area (Å²) < 4.78 is 0. The first-order chi connectivity index (χ1) is 9.85. The molecule has 96 valence electrons. The molecule has 1 heterocycles. The third-order valence-electron chi connectivity index (χ3n) is 3.11. The van der Waals surface area contributed by atoms with Crippen LogP contribution in [0.15, 0.2) is 60.7 Å². The summed E-state index contributed by atoms with van der Waals surface area (Å²) in [6.45, 7) is 0. The lowest BCUT2D eigenvalue weighted by Crippen LogP contribution is -1.83. The maximum absolute atomic E-state index is 10.7. The summed E-state index contributed by atoms with van der Waals surface area (Å²) in [5.74, 6) is 0. The number of aromatic nitrogens is 1. The minimum absolute atomic E-state index is 0.679. The van der Waals surface area contributed by atoms with Crippen molar-refractivity contribution in [3.05, 3.63) is 77.5 Å². The lowest BCUT2D eigenvalue weighted by Gasteiger charge is -1.99. The van der Waals surface area contributed by atoms with Crippen molar-refractivity contribution in [2.45, 2.75) is 0 Å². The van der Waals surface area contributed by atoms with E-state index in [0.717, 1.165) is 28.4 Å². The Hall–Kier alpha value is -2.74. The van der Waals surface area contributed by atoms with E-state index in [1.165, 1.54) is 0 Å². The maximum atomic E-state index is 10.7. The maximum Gasteiger partial charge on any atom is 0.150 e. The van der Waals surface area contributed by atoms with Gasteiger partial charge >= 0.3 is 0 Å². The van der Waals surface area contributed by atoms with E-state index in [1.807, 2.05) is 60.7 Å². The first-order valence-corrected chi connectivity index (χ1v) is 6.44. The molecule has 0 radical (unpaired) electrons. The predicted molar refractivity (Wildman–Crippen MR) is 82.5 cm³/mol. The summed E-state index contributed by atoms with van der Waals surface area (Å²) in [5.41, 5.74) is 3.56. The van der Waals surface area contributed by atoms with Gasteiger partial charge in [-0.3, -0.25) is 4.79 Å². The highest BCUT2D eigenvalue weighted by Crippen LogP contribution is 2.14.